The fraction of sp³-hybridized carbons (Fsp3) is 0.0556. The Kier molecular flexibility index (Phi) is 3.70. The van der Waals surface area contributed by atoms with Gasteiger partial charge in [0.25, 0.3) is 0 Å². The van der Waals surface area contributed by atoms with Crippen LogP contribution in [-0.4, -0.2) is 30.1 Å². The summed E-state index contributed by atoms with van der Waals surface area (Å²) in [5.41, 5.74) is 3.97. The molecule has 2 aromatic heterocycles. The Hall–Kier alpha value is -3.19. The standard InChI is InChI=1S/C18H15N5OS/c1-11-7-8-16(24)13(9-11)14-10-15(20-19-14)17-21-22-18(25)23(17)12-5-3-2-4-6-12/h2-10,24H,1H3,(H,19,20)(H,22,25). The molecule has 0 aliphatic rings. The number of nitrogens with zero attached hydrogens (tertiary/aromatic N) is 3. The van der Waals surface area contributed by atoms with Gasteiger partial charge in [0.1, 0.15) is 11.4 Å². The number of phenolic OH excluding ortho intramolecular Hbond substituents is 1. The number of aromatic amines is 2. The zero-order valence-corrected chi connectivity index (χ0v) is 14.2. The van der Waals surface area contributed by atoms with Crippen LogP contribution in [0.3, 0.4) is 0 Å². The quantitative estimate of drug-likeness (QED) is 0.488. The minimum atomic E-state index is 0.186. The second-order valence-electron chi connectivity index (χ2n) is 5.71. The number of aryl methyl sites for hydroxylation is 1. The average Bonchev–Trinajstić information content (AvgIpc) is 3.24. The zero-order valence-electron chi connectivity index (χ0n) is 13.4. The SMILES string of the molecule is Cc1ccc(O)c(-c2cc(-c3n[nH]c(=S)n3-c3ccccc3)[nH]n2)c1. The molecular formula is C18H15N5OS. The molecule has 0 unspecified atom stereocenters. The average molecular weight is 349 g/mol. The summed E-state index contributed by atoms with van der Waals surface area (Å²) < 4.78 is 2.33. The molecule has 3 N–H and O–H groups in total. The highest BCUT2D eigenvalue weighted by atomic mass is 32.1. The van der Waals surface area contributed by atoms with Crippen molar-refractivity contribution in [1.29, 1.82) is 0 Å². The minimum Gasteiger partial charge on any atom is -0.507 e. The second-order valence-corrected chi connectivity index (χ2v) is 6.10. The molecule has 0 spiro atoms. The molecule has 0 saturated carbocycles. The number of H-pyrrole nitrogens is 2. The van der Waals surface area contributed by atoms with Gasteiger partial charge >= 0.3 is 0 Å². The Bertz CT molecular complexity index is 1090. The van der Waals surface area contributed by atoms with Crippen LogP contribution < -0.4 is 0 Å². The van der Waals surface area contributed by atoms with Crippen molar-refractivity contribution in [1.82, 2.24) is 25.0 Å². The smallest absolute Gasteiger partial charge is 0.200 e. The number of benzene rings is 2. The zero-order chi connectivity index (χ0) is 17.4. The molecule has 25 heavy (non-hydrogen) atoms. The Morgan fingerprint density at radius 3 is 2.60 bits per heavy atom. The Morgan fingerprint density at radius 1 is 1.00 bits per heavy atom. The lowest BCUT2D eigenvalue weighted by Crippen LogP contribution is -1.97. The van der Waals surface area contributed by atoms with Crippen LogP contribution in [0.2, 0.25) is 0 Å². The molecule has 6 nitrogen and oxygen atoms in total. The van der Waals surface area contributed by atoms with E-state index in [-0.39, 0.29) is 5.75 Å². The van der Waals surface area contributed by atoms with Crippen molar-refractivity contribution in [2.75, 3.05) is 0 Å². The molecule has 0 bridgehead atoms. The van der Waals surface area contributed by atoms with Gasteiger partial charge in [-0.25, -0.2) is 0 Å². The molecule has 0 fully saturated rings. The number of nitrogens with one attached hydrogen (secondary N) is 2. The van der Waals surface area contributed by atoms with Gasteiger partial charge in [0.2, 0.25) is 0 Å². The lowest BCUT2D eigenvalue weighted by Gasteiger charge is -2.04. The number of hydrogen-bond acceptors (Lipinski definition) is 4. The summed E-state index contributed by atoms with van der Waals surface area (Å²) in [5, 5.41) is 24.6. The Balaban J connectivity index is 1.82. The highest BCUT2D eigenvalue weighted by Crippen LogP contribution is 2.31. The van der Waals surface area contributed by atoms with Crippen molar-refractivity contribution in [3.05, 3.63) is 64.9 Å². The maximum Gasteiger partial charge on any atom is 0.200 e. The lowest BCUT2D eigenvalue weighted by molar-refractivity contribution is 0.477. The van der Waals surface area contributed by atoms with Crippen LogP contribution in [0.25, 0.3) is 28.5 Å². The summed E-state index contributed by atoms with van der Waals surface area (Å²) in [5.74, 6) is 0.813. The van der Waals surface area contributed by atoms with Crippen molar-refractivity contribution in [2.45, 2.75) is 6.92 Å². The van der Waals surface area contributed by atoms with Crippen molar-refractivity contribution in [3.8, 4) is 34.2 Å². The summed E-state index contributed by atoms with van der Waals surface area (Å²) in [6.07, 6.45) is 0. The molecule has 2 aromatic carbocycles. The van der Waals surface area contributed by atoms with E-state index < -0.39 is 0 Å². The van der Waals surface area contributed by atoms with Gasteiger partial charge in [0, 0.05) is 5.56 Å². The van der Waals surface area contributed by atoms with Crippen LogP contribution in [0.4, 0.5) is 0 Å². The second kappa shape index (κ2) is 6.03. The normalized spacial score (nSPS) is 10.9. The third-order valence-electron chi connectivity index (χ3n) is 3.93. The van der Waals surface area contributed by atoms with Gasteiger partial charge in [-0.3, -0.25) is 14.8 Å². The fourth-order valence-electron chi connectivity index (χ4n) is 2.72. The maximum atomic E-state index is 10.1. The van der Waals surface area contributed by atoms with E-state index in [0.29, 0.717) is 27.5 Å². The number of para-hydroxylation sites is 1. The first-order chi connectivity index (χ1) is 12.1. The molecule has 124 valence electrons. The molecule has 0 amide bonds. The van der Waals surface area contributed by atoms with E-state index >= 15 is 0 Å². The molecule has 0 radical (unpaired) electrons. The number of aromatic hydroxyl groups is 1. The monoisotopic (exact) mass is 349 g/mol. The van der Waals surface area contributed by atoms with Crippen LogP contribution >= 0.6 is 12.2 Å². The topological polar surface area (TPSA) is 82.5 Å². The molecular weight excluding hydrogens is 334 g/mol. The first-order valence-corrected chi connectivity index (χ1v) is 8.13. The first kappa shape index (κ1) is 15.3. The van der Waals surface area contributed by atoms with Crippen molar-refractivity contribution >= 4 is 12.2 Å². The first-order valence-electron chi connectivity index (χ1n) is 7.72. The molecule has 0 aliphatic heterocycles. The molecule has 2 heterocycles. The van der Waals surface area contributed by atoms with Gasteiger partial charge in [0.05, 0.1) is 11.4 Å². The van der Waals surface area contributed by atoms with Crippen LogP contribution in [0.15, 0.2) is 54.6 Å². The van der Waals surface area contributed by atoms with Crippen LogP contribution in [0, 0.1) is 11.7 Å². The van der Waals surface area contributed by atoms with E-state index in [9.17, 15) is 5.11 Å². The van der Waals surface area contributed by atoms with Gasteiger partial charge in [0.15, 0.2) is 10.6 Å². The van der Waals surface area contributed by atoms with E-state index in [1.165, 1.54) is 0 Å². The highest BCUT2D eigenvalue weighted by Gasteiger charge is 2.15. The molecule has 4 rings (SSSR count). The van der Waals surface area contributed by atoms with E-state index in [2.05, 4.69) is 20.4 Å². The van der Waals surface area contributed by atoms with Gasteiger partial charge in [-0.1, -0.05) is 29.8 Å². The summed E-state index contributed by atoms with van der Waals surface area (Å²) in [7, 11) is 0. The van der Waals surface area contributed by atoms with E-state index in [4.69, 9.17) is 12.2 Å². The van der Waals surface area contributed by atoms with E-state index in [1.807, 2.05) is 60.0 Å². The third kappa shape index (κ3) is 2.74. The van der Waals surface area contributed by atoms with Crippen molar-refractivity contribution in [2.24, 2.45) is 0 Å². The minimum absolute atomic E-state index is 0.186. The predicted molar refractivity (Wildman–Crippen MR) is 98.2 cm³/mol. The molecule has 7 heteroatoms. The number of hydrogen-bond donors (Lipinski definition) is 3. The summed E-state index contributed by atoms with van der Waals surface area (Å²) >= 11 is 5.36. The summed E-state index contributed by atoms with van der Waals surface area (Å²) in [6.45, 7) is 1.97. The fourth-order valence-corrected chi connectivity index (χ4v) is 2.96. The molecule has 4 aromatic rings. The maximum absolute atomic E-state index is 10.1. The van der Waals surface area contributed by atoms with Gasteiger partial charge < -0.3 is 5.11 Å². The van der Waals surface area contributed by atoms with Crippen LogP contribution in [0.5, 0.6) is 5.75 Å². The van der Waals surface area contributed by atoms with Crippen molar-refractivity contribution in [3.63, 3.8) is 0 Å². The van der Waals surface area contributed by atoms with Crippen molar-refractivity contribution < 1.29 is 5.11 Å². The summed E-state index contributed by atoms with van der Waals surface area (Å²) in [6, 6.07) is 17.0. The number of aromatic nitrogens is 5. The predicted octanol–water partition coefficient (Wildman–Crippen LogP) is 4.00. The Morgan fingerprint density at radius 2 is 1.80 bits per heavy atom. The van der Waals surface area contributed by atoms with E-state index in [1.54, 1.807) is 6.07 Å². The third-order valence-corrected chi connectivity index (χ3v) is 4.21. The van der Waals surface area contributed by atoms with Gasteiger partial charge in [-0.15, -0.1) is 0 Å². The summed E-state index contributed by atoms with van der Waals surface area (Å²) in [4.78, 5) is 0. The highest BCUT2D eigenvalue weighted by molar-refractivity contribution is 7.71. The molecule has 0 aliphatic carbocycles. The van der Waals surface area contributed by atoms with E-state index in [0.717, 1.165) is 11.3 Å². The van der Waals surface area contributed by atoms with Crippen LogP contribution in [-0.2, 0) is 0 Å². The molecule has 0 atom stereocenters. The lowest BCUT2D eigenvalue weighted by atomic mass is 10.1. The Labute approximate surface area is 148 Å². The number of phenols is 1. The largest absolute Gasteiger partial charge is 0.507 e. The molecule has 0 saturated heterocycles. The van der Waals surface area contributed by atoms with Gasteiger partial charge in [-0.2, -0.15) is 10.2 Å². The number of rotatable bonds is 3. The van der Waals surface area contributed by atoms with Gasteiger partial charge in [-0.05, 0) is 49.5 Å². The van der Waals surface area contributed by atoms with Crippen LogP contribution in [0.1, 0.15) is 5.56 Å².